The Hall–Kier alpha value is 3.31. The minimum atomic E-state index is 0. The van der Waals surface area contributed by atoms with Gasteiger partial charge in [-0.2, -0.15) is 31.1 Å². The largest absolute Gasteiger partial charge is 0.345 e. The van der Waals surface area contributed by atoms with Crippen LogP contribution in [0, 0.1) is 101 Å². The van der Waals surface area contributed by atoms with Crippen LogP contribution in [0.3, 0.4) is 0 Å². The minimum Gasteiger partial charge on any atom is -0.345 e. The molecule has 3 radical (unpaired) electrons. The Morgan fingerprint density at radius 2 is 1.08 bits per heavy atom. The van der Waals surface area contributed by atoms with E-state index in [-0.39, 0.29) is 106 Å². The zero-order valence-electron chi connectivity index (χ0n) is 26.1. The van der Waals surface area contributed by atoms with Crippen LogP contribution in [0.15, 0.2) is 0 Å². The van der Waals surface area contributed by atoms with E-state index in [0.29, 0.717) is 17.8 Å². The Morgan fingerprint density at radius 3 is 1.19 bits per heavy atom. The number of hydrogen-bond donors (Lipinski definition) is 0. The average Bonchev–Trinajstić information content (AvgIpc) is 3.39. The summed E-state index contributed by atoms with van der Waals surface area (Å²) in [6.07, 6.45) is 11.4. The summed E-state index contributed by atoms with van der Waals surface area (Å²) in [5.41, 5.74) is 0. The third kappa shape index (κ3) is 26.7. The topological polar surface area (TPSA) is 0 Å². The second kappa shape index (κ2) is 32.2. The number of rotatable bonds is 9. The summed E-state index contributed by atoms with van der Waals surface area (Å²) in [6, 6.07) is 0. The maximum Gasteiger partial charge on any atom is 0 e. The van der Waals surface area contributed by atoms with Crippen molar-refractivity contribution >= 4 is 0 Å². The van der Waals surface area contributed by atoms with Gasteiger partial charge in [0.15, 0.2) is 0 Å². The van der Waals surface area contributed by atoms with Gasteiger partial charge in [0.05, 0.1) is 0 Å². The monoisotopic (exact) mass is 743 g/mol. The van der Waals surface area contributed by atoms with Gasteiger partial charge in [0.1, 0.15) is 0 Å². The molecule has 0 aromatic carbocycles. The maximum absolute atomic E-state index is 3.99. The second-order valence-corrected chi connectivity index (χ2v) is 12.1. The summed E-state index contributed by atoms with van der Waals surface area (Å²) >= 11 is 0. The van der Waals surface area contributed by atoms with E-state index >= 15 is 0 Å². The first-order valence-electron chi connectivity index (χ1n) is 14.2. The molecular formula is C34H68Y3-6. The molecule has 0 N–H and O–H groups in total. The van der Waals surface area contributed by atoms with Crippen molar-refractivity contribution in [3.05, 3.63) is 41.5 Å². The summed E-state index contributed by atoms with van der Waals surface area (Å²) in [6.45, 7) is 41.0. The minimum absolute atomic E-state index is 0. The van der Waals surface area contributed by atoms with Crippen molar-refractivity contribution in [3.63, 3.8) is 0 Å². The predicted octanol–water partition coefficient (Wildman–Crippen LogP) is 11.4. The van der Waals surface area contributed by atoms with Gasteiger partial charge in [0, 0.05) is 98.1 Å². The maximum atomic E-state index is 3.99. The first kappa shape index (κ1) is 52.9. The van der Waals surface area contributed by atoms with Crippen LogP contribution >= 0.6 is 0 Å². The van der Waals surface area contributed by atoms with E-state index in [4.69, 9.17) is 0 Å². The summed E-state index contributed by atoms with van der Waals surface area (Å²) in [7, 11) is 0. The molecule has 2 rings (SSSR count). The van der Waals surface area contributed by atoms with Crippen LogP contribution in [-0.2, 0) is 98.1 Å². The smallest absolute Gasteiger partial charge is 0 e. The fraction of sp³-hybridized carbons (Fsp3) is 0.824. The molecule has 5 atom stereocenters. The van der Waals surface area contributed by atoms with E-state index in [1.807, 2.05) is 0 Å². The summed E-state index contributed by atoms with van der Waals surface area (Å²) in [5, 5.41) is 0. The van der Waals surface area contributed by atoms with Crippen LogP contribution in [0.2, 0.25) is 0 Å². The summed E-state index contributed by atoms with van der Waals surface area (Å²) < 4.78 is 0. The van der Waals surface area contributed by atoms with Gasteiger partial charge in [-0.05, 0) is 48.9 Å². The van der Waals surface area contributed by atoms with Crippen LogP contribution < -0.4 is 0 Å². The van der Waals surface area contributed by atoms with Crippen LogP contribution in [0.25, 0.3) is 0 Å². The molecule has 2 fully saturated rings. The predicted molar refractivity (Wildman–Crippen MR) is 161 cm³/mol. The van der Waals surface area contributed by atoms with Crippen LogP contribution in [0.5, 0.6) is 0 Å². The zero-order valence-corrected chi connectivity index (χ0v) is 34.6. The molecule has 2 saturated carbocycles. The Bertz CT molecular complexity index is 415. The molecule has 2 bridgehead atoms. The first-order chi connectivity index (χ1) is 15.4. The van der Waals surface area contributed by atoms with Crippen molar-refractivity contribution in [2.45, 2.75) is 121 Å². The fourth-order valence-electron chi connectivity index (χ4n) is 4.85. The SMILES string of the molecule is C.CC(C)C1C[C@H]2CC[C@@H]1C2.[CH2-]CC(C[CH2-])C(C)C.[CH2-]CC([CH2-])C(C)C.[CH2-]CCC([CH2-])C(C)C.[Y].[Y].[Y]. The van der Waals surface area contributed by atoms with Gasteiger partial charge < -0.3 is 41.5 Å². The molecule has 3 heteroatoms. The van der Waals surface area contributed by atoms with E-state index in [2.05, 4.69) is 96.9 Å². The molecular weight excluding hydrogens is 675 g/mol. The van der Waals surface area contributed by atoms with Gasteiger partial charge in [-0.25, -0.2) is 6.42 Å². The fourth-order valence-corrected chi connectivity index (χ4v) is 4.85. The van der Waals surface area contributed by atoms with Gasteiger partial charge in [0.25, 0.3) is 0 Å². The zero-order chi connectivity index (χ0) is 26.1. The van der Waals surface area contributed by atoms with Crippen molar-refractivity contribution < 1.29 is 98.1 Å². The molecule has 37 heavy (non-hydrogen) atoms. The molecule has 2 aliphatic carbocycles. The van der Waals surface area contributed by atoms with Crippen LogP contribution in [-0.4, -0.2) is 0 Å². The molecule has 0 amide bonds. The van der Waals surface area contributed by atoms with Gasteiger partial charge in [-0.15, -0.1) is 6.42 Å². The summed E-state index contributed by atoms with van der Waals surface area (Å²) in [4.78, 5) is 0. The molecule has 0 aromatic heterocycles. The van der Waals surface area contributed by atoms with E-state index in [1.54, 1.807) is 25.7 Å². The molecule has 0 saturated heterocycles. The molecule has 0 heterocycles. The molecule has 219 valence electrons. The number of fused-ring (bicyclic) bond motifs is 2. The van der Waals surface area contributed by atoms with Gasteiger partial charge in [-0.3, -0.25) is 0 Å². The van der Waals surface area contributed by atoms with Gasteiger partial charge >= 0.3 is 0 Å². The quantitative estimate of drug-likeness (QED) is 0.206. The standard InChI is InChI=1S/C10H18.2C8H16.C7H14.CH4.3Y/c1-7(2)10-6-8-3-4-9(10)5-8;1-5-6-8(4)7(2)3;1-5-8(6-2)7(3)4;1-5-7(4)6(2)3;;;;/h7-10H,3-6H2,1-2H3;7-8H,1,4-6H2,2-3H3;7-8H,1-2,5-6H2,3-4H3;6-7H,1,4-5H2,2-3H3;1H4;;;/q;3*-2;;;;/t8-,9+,10?;;;;;;;/m0......./s1. The molecule has 2 aliphatic rings. The average molecular weight is 744 g/mol. The first-order valence-corrected chi connectivity index (χ1v) is 14.2. The molecule has 3 unspecified atom stereocenters. The van der Waals surface area contributed by atoms with Crippen LogP contribution in [0.1, 0.15) is 121 Å². The van der Waals surface area contributed by atoms with Crippen molar-refractivity contribution in [2.24, 2.45) is 59.2 Å². The molecule has 0 aliphatic heterocycles. The third-order valence-electron chi connectivity index (χ3n) is 8.16. The van der Waals surface area contributed by atoms with E-state index in [1.165, 1.54) is 0 Å². The van der Waals surface area contributed by atoms with Crippen molar-refractivity contribution in [1.82, 2.24) is 0 Å². The summed E-state index contributed by atoms with van der Waals surface area (Å²) in [5.74, 6) is 8.36. The van der Waals surface area contributed by atoms with E-state index < -0.39 is 0 Å². The molecule has 0 aromatic rings. The number of hydrogen-bond acceptors (Lipinski definition) is 0. The molecule has 0 spiro atoms. The third-order valence-corrected chi connectivity index (χ3v) is 8.16. The molecule has 0 nitrogen and oxygen atoms in total. The Morgan fingerprint density at radius 1 is 0.622 bits per heavy atom. The van der Waals surface area contributed by atoms with Crippen molar-refractivity contribution in [2.75, 3.05) is 0 Å². The second-order valence-electron chi connectivity index (χ2n) is 12.1. The van der Waals surface area contributed by atoms with Crippen molar-refractivity contribution in [1.29, 1.82) is 0 Å². The van der Waals surface area contributed by atoms with E-state index in [9.17, 15) is 0 Å². The normalized spacial score (nSPS) is 20.7. The van der Waals surface area contributed by atoms with Crippen molar-refractivity contribution in [3.8, 4) is 0 Å². The Kier molecular flexibility index (Phi) is 46.1. The Balaban J connectivity index is -0.0000000845. The van der Waals surface area contributed by atoms with Gasteiger partial charge in [0.2, 0.25) is 0 Å². The van der Waals surface area contributed by atoms with Gasteiger partial charge in [-0.1, -0.05) is 87.0 Å². The Labute approximate surface area is 315 Å². The van der Waals surface area contributed by atoms with E-state index in [0.717, 1.165) is 73.5 Å². The van der Waals surface area contributed by atoms with Crippen LogP contribution in [0.4, 0.5) is 0 Å².